The van der Waals surface area contributed by atoms with E-state index in [1.54, 1.807) is 12.3 Å². The van der Waals surface area contributed by atoms with Gasteiger partial charge in [-0.2, -0.15) is 0 Å². The molecule has 0 radical (unpaired) electrons. The third kappa shape index (κ3) is 3.96. The summed E-state index contributed by atoms with van der Waals surface area (Å²) in [4.78, 5) is 8.80. The Kier molecular flexibility index (Phi) is 4.79. The van der Waals surface area contributed by atoms with Crippen molar-refractivity contribution in [1.82, 2.24) is 9.97 Å². The number of ether oxygens (including phenoxy) is 1. The first-order valence-electron chi connectivity index (χ1n) is 8.68. The van der Waals surface area contributed by atoms with E-state index in [0.29, 0.717) is 12.1 Å². The Morgan fingerprint density at radius 1 is 0.852 bits per heavy atom. The van der Waals surface area contributed by atoms with Crippen molar-refractivity contribution in [2.45, 2.75) is 6.61 Å². The van der Waals surface area contributed by atoms with Crippen LogP contribution in [0.3, 0.4) is 0 Å². The van der Waals surface area contributed by atoms with Crippen molar-refractivity contribution in [3.63, 3.8) is 0 Å². The summed E-state index contributed by atoms with van der Waals surface area (Å²) >= 11 is 0. The number of phenols is 1. The lowest BCUT2D eigenvalue weighted by molar-refractivity contribution is 0.300. The predicted octanol–water partition coefficient (Wildman–Crippen LogP) is 5.08. The molecular weight excluding hydrogens is 336 g/mol. The molecule has 132 valence electrons. The number of rotatable bonds is 5. The van der Waals surface area contributed by atoms with Crippen LogP contribution in [0.1, 0.15) is 17.0 Å². The summed E-state index contributed by atoms with van der Waals surface area (Å²) in [5.41, 5.74) is 3.19. The third-order valence-electron chi connectivity index (χ3n) is 4.17. The highest BCUT2D eigenvalue weighted by atomic mass is 16.5. The number of aromatic hydroxyl groups is 1. The first kappa shape index (κ1) is 16.8. The first-order chi connectivity index (χ1) is 13.3. The number of nitrogens with zero attached hydrogens (tertiary/aromatic N) is 2. The molecule has 0 aliphatic carbocycles. The van der Waals surface area contributed by atoms with E-state index in [0.717, 1.165) is 28.1 Å². The molecule has 2 aromatic carbocycles. The number of para-hydroxylation sites is 2. The highest BCUT2D eigenvalue weighted by molar-refractivity contribution is 5.85. The SMILES string of the molecule is Oc1cccc2ccc(C=Cc3ccccc3OCc3ccccn3)nc12. The van der Waals surface area contributed by atoms with Crippen LogP contribution in [0.2, 0.25) is 0 Å². The summed E-state index contributed by atoms with van der Waals surface area (Å²) in [7, 11) is 0. The molecule has 27 heavy (non-hydrogen) atoms. The van der Waals surface area contributed by atoms with Gasteiger partial charge in [0.15, 0.2) is 0 Å². The molecule has 0 amide bonds. The normalized spacial score (nSPS) is 11.1. The van der Waals surface area contributed by atoms with Gasteiger partial charge in [0, 0.05) is 17.1 Å². The summed E-state index contributed by atoms with van der Waals surface area (Å²) < 4.78 is 5.93. The minimum Gasteiger partial charge on any atom is -0.506 e. The van der Waals surface area contributed by atoms with Crippen molar-refractivity contribution < 1.29 is 9.84 Å². The van der Waals surface area contributed by atoms with Crippen LogP contribution >= 0.6 is 0 Å². The number of benzene rings is 2. The van der Waals surface area contributed by atoms with E-state index in [1.165, 1.54) is 0 Å². The average Bonchev–Trinajstić information content (AvgIpc) is 2.72. The second-order valence-electron chi connectivity index (χ2n) is 6.07. The van der Waals surface area contributed by atoms with Crippen molar-refractivity contribution in [1.29, 1.82) is 0 Å². The lowest BCUT2D eigenvalue weighted by Crippen LogP contribution is -1.98. The van der Waals surface area contributed by atoms with Gasteiger partial charge >= 0.3 is 0 Å². The van der Waals surface area contributed by atoms with Gasteiger partial charge in [-0.3, -0.25) is 4.98 Å². The van der Waals surface area contributed by atoms with Crippen molar-refractivity contribution in [3.8, 4) is 11.5 Å². The van der Waals surface area contributed by atoms with E-state index >= 15 is 0 Å². The van der Waals surface area contributed by atoms with Gasteiger partial charge in [-0.05, 0) is 42.5 Å². The zero-order valence-electron chi connectivity index (χ0n) is 14.6. The van der Waals surface area contributed by atoms with Crippen LogP contribution < -0.4 is 4.74 Å². The van der Waals surface area contributed by atoms with E-state index in [-0.39, 0.29) is 5.75 Å². The monoisotopic (exact) mass is 354 g/mol. The standard InChI is InChI=1S/C23H18N2O2/c26-21-9-5-7-18-12-14-19(25-23(18)21)13-11-17-6-1-2-10-22(17)27-16-20-8-3-4-15-24-20/h1-15,26H,16H2. The number of fused-ring (bicyclic) bond motifs is 1. The number of hydrogen-bond acceptors (Lipinski definition) is 4. The molecule has 0 unspecified atom stereocenters. The number of pyridine rings is 2. The van der Waals surface area contributed by atoms with Gasteiger partial charge in [-0.15, -0.1) is 0 Å². The Hall–Kier alpha value is -3.66. The van der Waals surface area contributed by atoms with E-state index in [1.807, 2.05) is 78.9 Å². The molecular formula is C23H18N2O2. The zero-order valence-corrected chi connectivity index (χ0v) is 14.6. The molecule has 0 aliphatic heterocycles. The molecule has 0 saturated heterocycles. The lowest BCUT2D eigenvalue weighted by atomic mass is 10.1. The van der Waals surface area contributed by atoms with E-state index in [9.17, 15) is 5.11 Å². The number of phenolic OH excluding ortho intramolecular Hbond substituents is 1. The van der Waals surface area contributed by atoms with Crippen LogP contribution in [0, 0.1) is 0 Å². The summed E-state index contributed by atoms with van der Waals surface area (Å²) in [5.74, 6) is 0.963. The number of hydrogen-bond donors (Lipinski definition) is 1. The van der Waals surface area contributed by atoms with Crippen LogP contribution in [-0.4, -0.2) is 15.1 Å². The molecule has 0 atom stereocenters. The maximum Gasteiger partial charge on any atom is 0.141 e. The molecule has 4 aromatic rings. The Labute approximate surface area is 157 Å². The smallest absolute Gasteiger partial charge is 0.141 e. The number of aromatic nitrogens is 2. The molecule has 4 rings (SSSR count). The minimum absolute atomic E-state index is 0.182. The second kappa shape index (κ2) is 7.70. The topological polar surface area (TPSA) is 55.2 Å². The Morgan fingerprint density at radius 3 is 2.63 bits per heavy atom. The molecule has 0 fully saturated rings. The largest absolute Gasteiger partial charge is 0.506 e. The molecule has 2 heterocycles. The lowest BCUT2D eigenvalue weighted by Gasteiger charge is -2.08. The summed E-state index contributed by atoms with van der Waals surface area (Å²) in [6.45, 7) is 0.411. The quantitative estimate of drug-likeness (QED) is 0.543. The second-order valence-corrected chi connectivity index (χ2v) is 6.07. The summed E-state index contributed by atoms with van der Waals surface area (Å²) in [6.07, 6.45) is 5.63. The fourth-order valence-electron chi connectivity index (χ4n) is 2.80. The minimum atomic E-state index is 0.182. The van der Waals surface area contributed by atoms with Gasteiger partial charge in [-0.25, -0.2) is 4.98 Å². The first-order valence-corrected chi connectivity index (χ1v) is 8.68. The van der Waals surface area contributed by atoms with Gasteiger partial charge in [0.05, 0.1) is 11.4 Å². The summed E-state index contributed by atoms with van der Waals surface area (Å²) in [5, 5.41) is 10.9. The molecule has 2 aromatic heterocycles. The van der Waals surface area contributed by atoms with E-state index < -0.39 is 0 Å². The van der Waals surface area contributed by atoms with Crippen LogP contribution in [0.5, 0.6) is 11.5 Å². The fraction of sp³-hybridized carbons (Fsp3) is 0.0435. The molecule has 4 nitrogen and oxygen atoms in total. The van der Waals surface area contributed by atoms with Crippen molar-refractivity contribution in [3.05, 3.63) is 95.9 Å². The van der Waals surface area contributed by atoms with Gasteiger partial charge in [-0.1, -0.05) is 42.5 Å². The van der Waals surface area contributed by atoms with Crippen LogP contribution in [0.25, 0.3) is 23.1 Å². The van der Waals surface area contributed by atoms with Gasteiger partial charge < -0.3 is 9.84 Å². The molecule has 0 spiro atoms. The average molecular weight is 354 g/mol. The van der Waals surface area contributed by atoms with E-state index in [2.05, 4.69) is 9.97 Å². The van der Waals surface area contributed by atoms with Crippen LogP contribution in [0.15, 0.2) is 79.0 Å². The van der Waals surface area contributed by atoms with E-state index in [4.69, 9.17) is 4.74 Å². The summed E-state index contributed by atoms with van der Waals surface area (Å²) in [6, 6.07) is 22.8. The fourth-order valence-corrected chi connectivity index (χ4v) is 2.80. The molecule has 0 bridgehead atoms. The molecule has 1 N–H and O–H groups in total. The predicted molar refractivity (Wildman–Crippen MR) is 107 cm³/mol. The third-order valence-corrected chi connectivity index (χ3v) is 4.17. The Bertz CT molecular complexity index is 1090. The van der Waals surface area contributed by atoms with Crippen molar-refractivity contribution >= 4 is 23.1 Å². The Balaban J connectivity index is 1.56. The molecule has 0 saturated carbocycles. The highest BCUT2D eigenvalue weighted by Crippen LogP contribution is 2.24. The van der Waals surface area contributed by atoms with Crippen LogP contribution in [-0.2, 0) is 6.61 Å². The van der Waals surface area contributed by atoms with Crippen molar-refractivity contribution in [2.75, 3.05) is 0 Å². The van der Waals surface area contributed by atoms with Crippen LogP contribution in [0.4, 0.5) is 0 Å². The molecule has 0 aliphatic rings. The Morgan fingerprint density at radius 2 is 1.74 bits per heavy atom. The zero-order chi connectivity index (χ0) is 18.5. The van der Waals surface area contributed by atoms with Gasteiger partial charge in [0.1, 0.15) is 23.6 Å². The van der Waals surface area contributed by atoms with Gasteiger partial charge in [0.2, 0.25) is 0 Å². The maximum atomic E-state index is 9.99. The molecule has 4 heteroatoms. The van der Waals surface area contributed by atoms with Crippen molar-refractivity contribution in [2.24, 2.45) is 0 Å². The van der Waals surface area contributed by atoms with Gasteiger partial charge in [0.25, 0.3) is 0 Å². The highest BCUT2D eigenvalue weighted by Gasteiger charge is 2.03. The maximum absolute atomic E-state index is 9.99.